The molecule has 80 valence electrons. The zero-order valence-electron chi connectivity index (χ0n) is 8.81. The molecule has 1 heterocycles. The second kappa shape index (κ2) is 3.19. The standard InChI is InChI=1S/C11H18O3/c1-6(2)13-10-7-3-8-5-12-14-11(10)9(8)4-7/h6-11H,3-5H2,1-2H3. The van der Waals surface area contributed by atoms with Gasteiger partial charge in [-0.1, -0.05) is 0 Å². The monoisotopic (exact) mass is 198 g/mol. The largest absolute Gasteiger partial charge is 0.372 e. The molecule has 1 saturated heterocycles. The first-order chi connectivity index (χ1) is 6.75. The molecule has 5 atom stereocenters. The minimum absolute atomic E-state index is 0.217. The van der Waals surface area contributed by atoms with Crippen molar-refractivity contribution < 1.29 is 14.5 Å². The van der Waals surface area contributed by atoms with Gasteiger partial charge >= 0.3 is 0 Å². The Morgan fingerprint density at radius 1 is 1.21 bits per heavy atom. The van der Waals surface area contributed by atoms with Crippen LogP contribution < -0.4 is 0 Å². The first-order valence-electron chi connectivity index (χ1n) is 5.69. The zero-order valence-corrected chi connectivity index (χ0v) is 8.81. The van der Waals surface area contributed by atoms with Crippen LogP contribution in [0, 0.1) is 17.8 Å². The Kier molecular flexibility index (Phi) is 2.08. The van der Waals surface area contributed by atoms with Crippen LogP contribution in [0.2, 0.25) is 0 Å². The van der Waals surface area contributed by atoms with E-state index < -0.39 is 0 Å². The van der Waals surface area contributed by atoms with E-state index in [1.165, 1.54) is 12.8 Å². The first-order valence-corrected chi connectivity index (χ1v) is 5.69. The van der Waals surface area contributed by atoms with E-state index in [0.717, 1.165) is 18.4 Å². The lowest BCUT2D eigenvalue weighted by Crippen LogP contribution is -2.46. The lowest BCUT2D eigenvalue weighted by Gasteiger charge is -2.38. The van der Waals surface area contributed by atoms with E-state index in [2.05, 4.69) is 13.8 Å². The van der Waals surface area contributed by atoms with E-state index in [1.54, 1.807) is 0 Å². The molecule has 3 fully saturated rings. The Hall–Kier alpha value is -0.120. The van der Waals surface area contributed by atoms with Gasteiger partial charge in [-0.15, -0.1) is 0 Å². The normalized spacial score (nSPS) is 50.4. The summed E-state index contributed by atoms with van der Waals surface area (Å²) in [7, 11) is 0. The van der Waals surface area contributed by atoms with E-state index in [-0.39, 0.29) is 12.2 Å². The van der Waals surface area contributed by atoms with Gasteiger partial charge < -0.3 is 4.74 Å². The summed E-state index contributed by atoms with van der Waals surface area (Å²) in [6.07, 6.45) is 3.37. The number of ether oxygens (including phenoxy) is 1. The second-order valence-electron chi connectivity index (χ2n) is 5.15. The number of hydrogen-bond donors (Lipinski definition) is 0. The maximum absolute atomic E-state index is 5.93. The third kappa shape index (κ3) is 1.23. The molecule has 2 bridgehead atoms. The molecule has 0 amide bonds. The van der Waals surface area contributed by atoms with Gasteiger partial charge in [0.25, 0.3) is 0 Å². The Balaban J connectivity index is 1.75. The van der Waals surface area contributed by atoms with Crippen LogP contribution in [0.1, 0.15) is 26.7 Å². The Labute approximate surface area is 84.6 Å². The van der Waals surface area contributed by atoms with Crippen LogP contribution in [0.15, 0.2) is 0 Å². The Bertz CT molecular complexity index is 227. The van der Waals surface area contributed by atoms with Crippen molar-refractivity contribution in [3.8, 4) is 0 Å². The van der Waals surface area contributed by atoms with Crippen molar-refractivity contribution in [2.45, 2.75) is 45.0 Å². The van der Waals surface area contributed by atoms with Crippen molar-refractivity contribution in [1.29, 1.82) is 0 Å². The summed E-state index contributed by atoms with van der Waals surface area (Å²) in [5.74, 6) is 2.17. The third-order valence-corrected chi connectivity index (χ3v) is 3.89. The minimum Gasteiger partial charge on any atom is -0.372 e. The SMILES string of the molecule is CC(C)OC1C2CC3COOC1C3C2. The van der Waals surface area contributed by atoms with Crippen LogP contribution in [0.5, 0.6) is 0 Å². The predicted molar refractivity (Wildman–Crippen MR) is 50.5 cm³/mol. The molecule has 5 unspecified atom stereocenters. The van der Waals surface area contributed by atoms with Crippen LogP contribution in [-0.2, 0) is 14.5 Å². The average molecular weight is 198 g/mol. The quantitative estimate of drug-likeness (QED) is 0.633. The third-order valence-electron chi connectivity index (χ3n) is 3.89. The minimum atomic E-state index is 0.217. The molecule has 14 heavy (non-hydrogen) atoms. The summed E-state index contributed by atoms with van der Waals surface area (Å²) >= 11 is 0. The molecule has 0 aromatic heterocycles. The lowest BCUT2D eigenvalue weighted by molar-refractivity contribution is -0.386. The molecule has 0 aromatic rings. The molecule has 3 aliphatic rings. The number of fused-ring (bicyclic) bond motifs is 1. The van der Waals surface area contributed by atoms with Gasteiger partial charge in [-0.25, -0.2) is 9.78 Å². The molecule has 1 aliphatic heterocycles. The molecule has 0 aromatic carbocycles. The van der Waals surface area contributed by atoms with Crippen molar-refractivity contribution in [3.05, 3.63) is 0 Å². The molecule has 2 aliphatic carbocycles. The highest BCUT2D eigenvalue weighted by molar-refractivity contribution is 5.03. The maximum Gasteiger partial charge on any atom is 0.122 e. The maximum atomic E-state index is 5.93. The summed E-state index contributed by atoms with van der Waals surface area (Å²) in [5, 5.41) is 0. The van der Waals surface area contributed by atoms with Crippen molar-refractivity contribution in [3.63, 3.8) is 0 Å². The predicted octanol–water partition coefficient (Wildman–Crippen LogP) is 1.77. The molecule has 3 heteroatoms. The number of hydrogen-bond acceptors (Lipinski definition) is 3. The van der Waals surface area contributed by atoms with Gasteiger partial charge in [0.05, 0.1) is 18.8 Å². The fourth-order valence-corrected chi connectivity index (χ4v) is 3.41. The topological polar surface area (TPSA) is 27.7 Å². The smallest absolute Gasteiger partial charge is 0.122 e. The molecule has 2 saturated carbocycles. The van der Waals surface area contributed by atoms with E-state index in [4.69, 9.17) is 14.5 Å². The van der Waals surface area contributed by atoms with Crippen LogP contribution in [0.4, 0.5) is 0 Å². The highest BCUT2D eigenvalue weighted by Gasteiger charge is 2.56. The van der Waals surface area contributed by atoms with Crippen LogP contribution in [0.3, 0.4) is 0 Å². The lowest BCUT2D eigenvalue weighted by atomic mass is 9.85. The molecule has 0 N–H and O–H groups in total. The summed E-state index contributed by atoms with van der Waals surface area (Å²) in [6, 6.07) is 0. The van der Waals surface area contributed by atoms with Gasteiger partial charge in [0, 0.05) is 0 Å². The van der Waals surface area contributed by atoms with Crippen molar-refractivity contribution in [2.24, 2.45) is 17.8 Å². The summed E-state index contributed by atoms with van der Waals surface area (Å²) in [4.78, 5) is 10.6. The Morgan fingerprint density at radius 2 is 2.07 bits per heavy atom. The van der Waals surface area contributed by atoms with E-state index >= 15 is 0 Å². The molecular formula is C11H18O3. The van der Waals surface area contributed by atoms with Gasteiger partial charge in [0.1, 0.15) is 6.10 Å². The van der Waals surface area contributed by atoms with Gasteiger partial charge in [0.15, 0.2) is 0 Å². The molecule has 0 spiro atoms. The van der Waals surface area contributed by atoms with Gasteiger partial charge in [-0.05, 0) is 44.4 Å². The zero-order chi connectivity index (χ0) is 9.71. The van der Waals surface area contributed by atoms with Crippen molar-refractivity contribution in [1.82, 2.24) is 0 Å². The van der Waals surface area contributed by atoms with Gasteiger partial charge in [-0.2, -0.15) is 0 Å². The van der Waals surface area contributed by atoms with Crippen LogP contribution in [-0.4, -0.2) is 24.9 Å². The van der Waals surface area contributed by atoms with E-state index in [0.29, 0.717) is 12.0 Å². The van der Waals surface area contributed by atoms with Crippen LogP contribution >= 0.6 is 0 Å². The molecular weight excluding hydrogens is 180 g/mol. The van der Waals surface area contributed by atoms with E-state index in [1.807, 2.05) is 0 Å². The average Bonchev–Trinajstić information content (AvgIpc) is 2.66. The first kappa shape index (κ1) is 9.13. The summed E-state index contributed by atoms with van der Waals surface area (Å²) < 4.78 is 5.93. The van der Waals surface area contributed by atoms with Gasteiger partial charge in [0.2, 0.25) is 0 Å². The van der Waals surface area contributed by atoms with Gasteiger partial charge in [-0.3, -0.25) is 0 Å². The highest BCUT2D eigenvalue weighted by Crippen LogP contribution is 2.53. The van der Waals surface area contributed by atoms with Crippen LogP contribution in [0.25, 0.3) is 0 Å². The molecule has 3 rings (SSSR count). The van der Waals surface area contributed by atoms with Crippen molar-refractivity contribution in [2.75, 3.05) is 6.61 Å². The highest BCUT2D eigenvalue weighted by atomic mass is 17.2. The Morgan fingerprint density at radius 3 is 2.86 bits per heavy atom. The molecule has 0 radical (unpaired) electrons. The summed E-state index contributed by atoms with van der Waals surface area (Å²) in [6.45, 7) is 4.98. The van der Waals surface area contributed by atoms with Crippen molar-refractivity contribution >= 4 is 0 Å². The second-order valence-corrected chi connectivity index (χ2v) is 5.15. The fraction of sp³-hybridized carbons (Fsp3) is 1.00. The fourth-order valence-electron chi connectivity index (χ4n) is 3.41. The van der Waals surface area contributed by atoms with E-state index in [9.17, 15) is 0 Å². The number of rotatable bonds is 2. The summed E-state index contributed by atoms with van der Waals surface area (Å²) in [5.41, 5.74) is 0. The molecule has 3 nitrogen and oxygen atoms in total.